The molecule has 150 valence electrons. The van der Waals surface area contributed by atoms with Gasteiger partial charge in [0, 0.05) is 40.1 Å². The van der Waals surface area contributed by atoms with Crippen molar-refractivity contribution in [3.05, 3.63) is 69.3 Å². The van der Waals surface area contributed by atoms with Crippen LogP contribution in [0.3, 0.4) is 0 Å². The molecular weight excluding hydrogens is 389 g/mol. The zero-order chi connectivity index (χ0) is 20.5. The van der Waals surface area contributed by atoms with E-state index >= 15 is 0 Å². The Morgan fingerprint density at radius 1 is 1.24 bits per heavy atom. The fourth-order valence-electron chi connectivity index (χ4n) is 4.35. The molecule has 0 N–H and O–H groups in total. The number of carbonyl (C=O) groups is 2. The number of hydrogen-bond acceptors (Lipinski definition) is 5. The van der Waals surface area contributed by atoms with Gasteiger partial charge >= 0.3 is 5.97 Å². The summed E-state index contributed by atoms with van der Waals surface area (Å²) in [7, 11) is 0. The molecule has 0 spiro atoms. The summed E-state index contributed by atoms with van der Waals surface area (Å²) in [5, 5.41) is 2.01. The number of esters is 1. The van der Waals surface area contributed by atoms with Gasteiger partial charge in [-0.25, -0.2) is 4.39 Å². The third-order valence-corrected chi connectivity index (χ3v) is 6.64. The molecule has 0 fully saturated rings. The lowest BCUT2D eigenvalue weighted by molar-refractivity contribution is -0.146. The van der Waals surface area contributed by atoms with Gasteiger partial charge in [-0.15, -0.1) is 11.3 Å². The van der Waals surface area contributed by atoms with Crippen LogP contribution in [0.5, 0.6) is 0 Å². The lowest BCUT2D eigenvalue weighted by Gasteiger charge is -2.36. The lowest BCUT2D eigenvalue weighted by atomic mass is 9.70. The van der Waals surface area contributed by atoms with Crippen molar-refractivity contribution >= 4 is 28.8 Å². The number of ketones is 1. The van der Waals surface area contributed by atoms with Crippen LogP contribution >= 0.6 is 11.3 Å². The fraction of sp³-hybridized carbons (Fsp3) is 0.348. The average molecular weight is 411 g/mol. The molecule has 4 rings (SSSR count). The van der Waals surface area contributed by atoms with E-state index in [2.05, 4.69) is 0 Å². The van der Waals surface area contributed by atoms with E-state index in [0.717, 1.165) is 11.3 Å². The van der Waals surface area contributed by atoms with E-state index in [1.807, 2.05) is 17.5 Å². The Morgan fingerprint density at radius 3 is 2.66 bits per heavy atom. The van der Waals surface area contributed by atoms with Gasteiger partial charge in [-0.3, -0.25) is 14.6 Å². The monoisotopic (exact) mass is 411 g/mol. The van der Waals surface area contributed by atoms with Gasteiger partial charge in [-0.05, 0) is 49.4 Å². The number of benzene rings is 1. The van der Waals surface area contributed by atoms with Gasteiger partial charge < -0.3 is 4.74 Å². The quantitative estimate of drug-likeness (QED) is 0.664. The molecule has 1 aromatic heterocycles. The standard InChI is InChI=1S/C23H22FNO3S/c1-3-28-23(27)20-13(2)25-17-11-15(19-5-4-10-29-19)12-18(26)22(17)21(20)14-6-8-16(24)9-7-14/h4-10,15,20-21H,3,11-12H2,1-2H3/t15-,20?,21-/m0/s1. The summed E-state index contributed by atoms with van der Waals surface area (Å²) in [6.45, 7) is 3.81. The number of allylic oxidation sites excluding steroid dienone is 2. The Morgan fingerprint density at radius 2 is 2.00 bits per heavy atom. The number of thiophene rings is 1. The second kappa shape index (κ2) is 8.03. The van der Waals surface area contributed by atoms with Crippen LogP contribution in [0.15, 0.2) is 58.0 Å². The molecule has 3 atom stereocenters. The van der Waals surface area contributed by atoms with E-state index in [0.29, 0.717) is 24.1 Å². The summed E-state index contributed by atoms with van der Waals surface area (Å²) in [6, 6.07) is 10.1. The molecule has 0 saturated carbocycles. The SMILES string of the molecule is CCOC(=O)C1C(C)=NC2=C(C(=O)C[C@@H](c3cccs3)C2)[C@H]1c1ccc(F)cc1. The highest BCUT2D eigenvalue weighted by Gasteiger charge is 2.44. The molecular formula is C23H22FNO3S. The van der Waals surface area contributed by atoms with Gasteiger partial charge in [0.2, 0.25) is 0 Å². The maximum Gasteiger partial charge on any atom is 0.315 e. The first-order valence-electron chi connectivity index (χ1n) is 9.76. The summed E-state index contributed by atoms with van der Waals surface area (Å²) >= 11 is 1.64. The molecule has 1 unspecified atom stereocenters. The fourth-order valence-corrected chi connectivity index (χ4v) is 5.18. The number of hydrogen-bond donors (Lipinski definition) is 0. The molecule has 1 aliphatic carbocycles. The third kappa shape index (κ3) is 3.69. The Hall–Kier alpha value is -2.60. The molecule has 0 amide bonds. The number of Topliss-reactive ketones (excluding diaryl/α,β-unsaturated/α-hetero) is 1. The second-order valence-corrected chi connectivity index (χ2v) is 8.40. The Labute approximate surface area is 173 Å². The van der Waals surface area contributed by atoms with Crippen molar-refractivity contribution in [2.75, 3.05) is 6.61 Å². The molecule has 2 aromatic rings. The predicted molar refractivity (Wildman–Crippen MR) is 111 cm³/mol. The summed E-state index contributed by atoms with van der Waals surface area (Å²) in [5.41, 5.74) is 2.69. The van der Waals surface area contributed by atoms with Crippen molar-refractivity contribution < 1.29 is 18.7 Å². The van der Waals surface area contributed by atoms with Crippen molar-refractivity contribution in [1.82, 2.24) is 0 Å². The first kappa shape index (κ1) is 19.7. The number of carbonyl (C=O) groups excluding carboxylic acids is 2. The number of nitrogens with zero attached hydrogens (tertiary/aromatic N) is 1. The van der Waals surface area contributed by atoms with E-state index in [1.165, 1.54) is 17.0 Å². The molecule has 29 heavy (non-hydrogen) atoms. The largest absolute Gasteiger partial charge is 0.465 e. The number of rotatable bonds is 4. The van der Waals surface area contributed by atoms with Crippen molar-refractivity contribution in [3.8, 4) is 0 Å². The number of aliphatic imine (C=N–C) groups is 1. The number of halogens is 1. The average Bonchev–Trinajstić information content (AvgIpc) is 3.22. The molecule has 0 radical (unpaired) electrons. The van der Waals surface area contributed by atoms with Crippen molar-refractivity contribution in [2.24, 2.45) is 10.9 Å². The topological polar surface area (TPSA) is 55.7 Å². The molecule has 6 heteroatoms. The van der Waals surface area contributed by atoms with Crippen molar-refractivity contribution in [3.63, 3.8) is 0 Å². The first-order valence-corrected chi connectivity index (χ1v) is 10.6. The summed E-state index contributed by atoms with van der Waals surface area (Å²) < 4.78 is 18.8. The zero-order valence-electron chi connectivity index (χ0n) is 16.4. The van der Waals surface area contributed by atoms with Gasteiger partial charge in [-0.2, -0.15) is 0 Å². The predicted octanol–water partition coefficient (Wildman–Crippen LogP) is 5.03. The van der Waals surface area contributed by atoms with E-state index < -0.39 is 17.8 Å². The Kier molecular flexibility index (Phi) is 5.46. The minimum atomic E-state index is -0.679. The van der Waals surface area contributed by atoms with Crippen LogP contribution in [0.1, 0.15) is 49.0 Å². The van der Waals surface area contributed by atoms with Crippen molar-refractivity contribution in [1.29, 1.82) is 0 Å². The Balaban J connectivity index is 1.80. The number of ether oxygens (including phenoxy) is 1. The highest BCUT2D eigenvalue weighted by molar-refractivity contribution is 7.10. The van der Waals surface area contributed by atoms with Crippen molar-refractivity contribution in [2.45, 2.75) is 38.5 Å². The normalized spacial score (nSPS) is 24.2. The van der Waals surface area contributed by atoms with E-state index in [1.54, 1.807) is 37.3 Å². The second-order valence-electron chi connectivity index (χ2n) is 7.42. The van der Waals surface area contributed by atoms with Gasteiger partial charge in [0.05, 0.1) is 6.61 Å². The molecule has 2 aliphatic rings. The van der Waals surface area contributed by atoms with E-state index in [-0.39, 0.29) is 24.1 Å². The highest BCUT2D eigenvalue weighted by atomic mass is 32.1. The van der Waals surface area contributed by atoms with E-state index in [4.69, 9.17) is 9.73 Å². The molecule has 0 saturated heterocycles. The lowest BCUT2D eigenvalue weighted by Crippen LogP contribution is -2.38. The van der Waals surface area contributed by atoms with E-state index in [9.17, 15) is 14.0 Å². The van der Waals surface area contributed by atoms with Crippen LogP contribution in [-0.4, -0.2) is 24.1 Å². The van der Waals surface area contributed by atoms with Gasteiger partial charge in [-0.1, -0.05) is 18.2 Å². The molecule has 0 bridgehead atoms. The van der Waals surface area contributed by atoms with Crippen LogP contribution in [0.2, 0.25) is 0 Å². The van der Waals surface area contributed by atoms with Gasteiger partial charge in [0.1, 0.15) is 11.7 Å². The summed E-state index contributed by atoms with van der Waals surface area (Å²) in [4.78, 5) is 31.9. The summed E-state index contributed by atoms with van der Waals surface area (Å²) in [5.74, 6) is -1.83. The molecule has 4 nitrogen and oxygen atoms in total. The molecule has 1 aromatic carbocycles. The molecule has 1 aliphatic heterocycles. The minimum absolute atomic E-state index is 0.00419. The van der Waals surface area contributed by atoms with Crippen LogP contribution in [0.4, 0.5) is 4.39 Å². The highest BCUT2D eigenvalue weighted by Crippen LogP contribution is 2.47. The van der Waals surface area contributed by atoms with Crippen LogP contribution in [0, 0.1) is 11.7 Å². The van der Waals surface area contributed by atoms with Crippen LogP contribution < -0.4 is 0 Å². The maximum absolute atomic E-state index is 13.5. The van der Waals surface area contributed by atoms with Gasteiger partial charge in [0.15, 0.2) is 5.78 Å². The van der Waals surface area contributed by atoms with Crippen LogP contribution in [0.25, 0.3) is 0 Å². The van der Waals surface area contributed by atoms with Gasteiger partial charge in [0.25, 0.3) is 0 Å². The van der Waals surface area contributed by atoms with Crippen LogP contribution in [-0.2, 0) is 14.3 Å². The smallest absolute Gasteiger partial charge is 0.315 e. The Bertz CT molecular complexity index is 992. The molecule has 2 heterocycles. The zero-order valence-corrected chi connectivity index (χ0v) is 17.2. The first-order chi connectivity index (χ1) is 14.0. The third-order valence-electron chi connectivity index (χ3n) is 5.60. The summed E-state index contributed by atoms with van der Waals surface area (Å²) in [6.07, 6.45) is 1.05. The maximum atomic E-state index is 13.5. The minimum Gasteiger partial charge on any atom is -0.465 e.